The zero-order chi connectivity index (χ0) is 13.2. The molecule has 0 atom stereocenters. The maximum Gasteiger partial charge on any atom is 0.260 e. The fourth-order valence-corrected chi connectivity index (χ4v) is 3.53. The Kier molecular flexibility index (Phi) is 4.04. The summed E-state index contributed by atoms with van der Waals surface area (Å²) >= 11 is 0. The van der Waals surface area contributed by atoms with Crippen molar-refractivity contribution in [2.24, 2.45) is 5.92 Å². The molecule has 0 bridgehead atoms. The Bertz CT molecular complexity index is 489. The molecule has 2 heterocycles. The van der Waals surface area contributed by atoms with Crippen LogP contribution in [0.15, 0.2) is 11.2 Å². The van der Waals surface area contributed by atoms with Crippen LogP contribution in [0.2, 0.25) is 0 Å². The molecule has 102 valence electrons. The van der Waals surface area contributed by atoms with Gasteiger partial charge in [-0.15, -0.1) is 0 Å². The minimum atomic E-state index is -3.45. The van der Waals surface area contributed by atoms with Crippen LogP contribution in [0.1, 0.15) is 25.6 Å². The molecule has 1 aromatic rings. The fourth-order valence-electron chi connectivity index (χ4n) is 2.13. The quantitative estimate of drug-likeness (QED) is 0.829. The van der Waals surface area contributed by atoms with Crippen molar-refractivity contribution in [3.63, 3.8) is 0 Å². The van der Waals surface area contributed by atoms with Crippen molar-refractivity contribution < 1.29 is 13.5 Å². The average molecular weight is 273 g/mol. The second-order valence-corrected chi connectivity index (χ2v) is 6.48. The van der Waals surface area contributed by atoms with Crippen molar-refractivity contribution in [1.29, 1.82) is 0 Å². The number of aromatic amines is 1. The highest BCUT2D eigenvalue weighted by molar-refractivity contribution is 7.89. The molecule has 1 aliphatic rings. The zero-order valence-corrected chi connectivity index (χ0v) is 11.3. The van der Waals surface area contributed by atoms with Crippen molar-refractivity contribution in [1.82, 2.24) is 14.3 Å². The van der Waals surface area contributed by atoms with Crippen molar-refractivity contribution in [3.05, 3.63) is 12.0 Å². The van der Waals surface area contributed by atoms with E-state index in [9.17, 15) is 8.42 Å². The lowest BCUT2D eigenvalue weighted by Gasteiger charge is -2.29. The molecule has 0 unspecified atom stereocenters. The molecule has 1 fully saturated rings. The van der Waals surface area contributed by atoms with Crippen LogP contribution in [0, 0.1) is 5.92 Å². The number of aryl methyl sites for hydroxylation is 1. The van der Waals surface area contributed by atoms with E-state index in [-0.39, 0.29) is 17.6 Å². The smallest absolute Gasteiger partial charge is 0.260 e. The summed E-state index contributed by atoms with van der Waals surface area (Å²) in [5.74, 6) is 0.906. The van der Waals surface area contributed by atoms with Crippen LogP contribution in [-0.2, 0) is 16.4 Å². The molecule has 1 aromatic heterocycles. The highest BCUT2D eigenvalue weighted by Crippen LogP contribution is 2.22. The third-order valence-corrected chi connectivity index (χ3v) is 5.20. The number of hydrogen-bond donors (Lipinski definition) is 2. The van der Waals surface area contributed by atoms with Crippen molar-refractivity contribution >= 4 is 10.0 Å². The number of sulfonamides is 1. The highest BCUT2D eigenvalue weighted by atomic mass is 32.2. The average Bonchev–Trinajstić information content (AvgIpc) is 2.88. The van der Waals surface area contributed by atoms with E-state index in [0.29, 0.717) is 38.2 Å². The van der Waals surface area contributed by atoms with Crippen molar-refractivity contribution in [2.75, 3.05) is 19.7 Å². The van der Waals surface area contributed by atoms with Gasteiger partial charge in [0.1, 0.15) is 5.82 Å². The number of aromatic nitrogens is 2. The molecule has 0 saturated carbocycles. The summed E-state index contributed by atoms with van der Waals surface area (Å²) in [5.41, 5.74) is 0. The van der Waals surface area contributed by atoms with Crippen LogP contribution >= 0.6 is 0 Å². The second kappa shape index (κ2) is 5.38. The number of rotatable bonds is 4. The largest absolute Gasteiger partial charge is 0.396 e. The van der Waals surface area contributed by atoms with Crippen LogP contribution in [-0.4, -0.2) is 47.5 Å². The Morgan fingerprint density at radius 2 is 2.17 bits per heavy atom. The van der Waals surface area contributed by atoms with Crippen LogP contribution < -0.4 is 0 Å². The maximum absolute atomic E-state index is 12.3. The molecule has 0 aromatic carbocycles. The molecular formula is C11H19N3O3S. The number of aliphatic hydroxyl groups excluding tert-OH is 1. The van der Waals surface area contributed by atoms with Crippen molar-refractivity contribution in [2.45, 2.75) is 31.2 Å². The number of nitrogens with zero attached hydrogens (tertiary/aromatic N) is 2. The van der Waals surface area contributed by atoms with Gasteiger partial charge in [0.05, 0.1) is 6.20 Å². The molecule has 0 spiro atoms. The molecule has 18 heavy (non-hydrogen) atoms. The number of H-pyrrole nitrogens is 1. The fraction of sp³-hybridized carbons (Fsp3) is 0.727. The van der Waals surface area contributed by atoms with Crippen LogP contribution in [0.25, 0.3) is 0 Å². The van der Waals surface area contributed by atoms with Crippen LogP contribution in [0.5, 0.6) is 0 Å². The SMILES string of the molecule is CCc1ncc(S(=O)(=O)N2CCC(CO)CC2)[nH]1. The molecule has 2 rings (SSSR count). The van der Waals surface area contributed by atoms with E-state index in [2.05, 4.69) is 9.97 Å². The predicted molar refractivity (Wildman–Crippen MR) is 66.5 cm³/mol. The van der Waals surface area contributed by atoms with E-state index in [0.717, 1.165) is 0 Å². The molecule has 1 saturated heterocycles. The van der Waals surface area contributed by atoms with Gasteiger partial charge in [0.2, 0.25) is 0 Å². The normalized spacial score (nSPS) is 19.2. The van der Waals surface area contributed by atoms with Crippen molar-refractivity contribution in [3.8, 4) is 0 Å². The van der Waals surface area contributed by atoms with Gasteiger partial charge in [0, 0.05) is 26.1 Å². The first-order valence-corrected chi connectivity index (χ1v) is 7.66. The molecule has 0 aliphatic carbocycles. The zero-order valence-electron chi connectivity index (χ0n) is 10.5. The lowest BCUT2D eigenvalue weighted by Crippen LogP contribution is -2.39. The monoisotopic (exact) mass is 273 g/mol. The van der Waals surface area contributed by atoms with E-state index in [1.807, 2.05) is 6.92 Å². The minimum absolute atomic E-state index is 0.137. The molecular weight excluding hydrogens is 254 g/mol. The lowest BCUT2D eigenvalue weighted by atomic mass is 10.00. The third-order valence-electron chi connectivity index (χ3n) is 3.39. The topological polar surface area (TPSA) is 86.3 Å². The van der Waals surface area contributed by atoms with E-state index >= 15 is 0 Å². The first kappa shape index (κ1) is 13.5. The highest BCUT2D eigenvalue weighted by Gasteiger charge is 2.30. The van der Waals surface area contributed by atoms with Crippen LogP contribution in [0.3, 0.4) is 0 Å². The van der Waals surface area contributed by atoms with E-state index in [1.165, 1.54) is 10.5 Å². The summed E-state index contributed by atoms with van der Waals surface area (Å²) in [6, 6.07) is 0. The maximum atomic E-state index is 12.3. The summed E-state index contributed by atoms with van der Waals surface area (Å²) in [6.07, 6.45) is 3.49. The molecule has 0 radical (unpaired) electrons. The minimum Gasteiger partial charge on any atom is -0.396 e. The van der Waals surface area contributed by atoms with Gasteiger partial charge in [0.25, 0.3) is 10.0 Å². The summed E-state index contributed by atoms with van der Waals surface area (Å²) in [5, 5.41) is 9.22. The molecule has 6 nitrogen and oxygen atoms in total. The first-order valence-electron chi connectivity index (χ1n) is 6.22. The molecule has 1 aliphatic heterocycles. The predicted octanol–water partition coefficient (Wildman–Crippen LogP) is 0.365. The number of imidazole rings is 1. The number of aliphatic hydroxyl groups is 1. The van der Waals surface area contributed by atoms with Gasteiger partial charge in [-0.1, -0.05) is 6.92 Å². The van der Waals surface area contributed by atoms with Gasteiger partial charge in [-0.25, -0.2) is 13.4 Å². The van der Waals surface area contributed by atoms with E-state index < -0.39 is 10.0 Å². The van der Waals surface area contributed by atoms with E-state index in [1.54, 1.807) is 0 Å². The second-order valence-electron chi connectivity index (χ2n) is 4.58. The Balaban J connectivity index is 2.12. The number of nitrogens with one attached hydrogen (secondary N) is 1. The molecule has 7 heteroatoms. The Labute approximate surface area is 107 Å². The van der Waals surface area contributed by atoms with E-state index in [4.69, 9.17) is 5.11 Å². The Morgan fingerprint density at radius 1 is 1.50 bits per heavy atom. The summed E-state index contributed by atoms with van der Waals surface area (Å²) in [4.78, 5) is 6.86. The summed E-state index contributed by atoms with van der Waals surface area (Å²) < 4.78 is 26.1. The Morgan fingerprint density at radius 3 is 2.67 bits per heavy atom. The molecule has 2 N–H and O–H groups in total. The van der Waals surface area contributed by atoms with Gasteiger partial charge in [-0.3, -0.25) is 0 Å². The lowest BCUT2D eigenvalue weighted by molar-refractivity contribution is 0.170. The van der Waals surface area contributed by atoms with Gasteiger partial charge in [0.15, 0.2) is 5.03 Å². The molecule has 0 amide bonds. The van der Waals surface area contributed by atoms with Crippen LogP contribution in [0.4, 0.5) is 0 Å². The summed E-state index contributed by atoms with van der Waals surface area (Å²) in [6.45, 7) is 2.99. The summed E-state index contributed by atoms with van der Waals surface area (Å²) in [7, 11) is -3.45. The first-order chi connectivity index (χ1) is 8.57. The van der Waals surface area contributed by atoms with Gasteiger partial charge >= 0.3 is 0 Å². The van der Waals surface area contributed by atoms with Gasteiger partial charge < -0.3 is 10.1 Å². The standard InChI is InChI=1S/C11H19N3O3S/c1-2-10-12-7-11(13-10)18(16,17)14-5-3-9(8-15)4-6-14/h7,9,15H,2-6,8H2,1H3,(H,12,13). The number of piperidine rings is 1. The third kappa shape index (κ3) is 2.57. The Hall–Kier alpha value is -0.920. The van der Waals surface area contributed by atoms with Gasteiger partial charge in [-0.2, -0.15) is 4.31 Å². The van der Waals surface area contributed by atoms with Gasteiger partial charge in [-0.05, 0) is 18.8 Å². The number of hydrogen-bond acceptors (Lipinski definition) is 4.